The summed E-state index contributed by atoms with van der Waals surface area (Å²) in [4.78, 5) is 0. The summed E-state index contributed by atoms with van der Waals surface area (Å²) < 4.78 is 5.66. The van der Waals surface area contributed by atoms with E-state index in [1.165, 1.54) is 19.3 Å². The number of hydrogen-bond donors (Lipinski definition) is 1. The maximum Gasteiger partial charge on any atom is 0.0599 e. The molecule has 0 bridgehead atoms. The average molecular weight is 199 g/mol. The normalized spacial score (nSPS) is 28.3. The summed E-state index contributed by atoms with van der Waals surface area (Å²) in [5, 5.41) is 3.58. The van der Waals surface area contributed by atoms with Gasteiger partial charge in [-0.3, -0.25) is 0 Å². The van der Waals surface area contributed by atoms with Gasteiger partial charge in [-0.15, -0.1) is 0 Å². The molecule has 1 N–H and O–H groups in total. The lowest BCUT2D eigenvalue weighted by molar-refractivity contribution is -0.00189. The largest absolute Gasteiger partial charge is 0.375 e. The zero-order valence-electron chi connectivity index (χ0n) is 10.1. The first-order chi connectivity index (χ1) is 6.49. The highest BCUT2D eigenvalue weighted by molar-refractivity contribution is 4.79. The lowest BCUT2D eigenvalue weighted by atomic mass is 10.1. The van der Waals surface area contributed by atoms with Gasteiger partial charge in [0.25, 0.3) is 0 Å². The van der Waals surface area contributed by atoms with Crippen LogP contribution in [0.1, 0.15) is 47.0 Å². The van der Waals surface area contributed by atoms with E-state index in [-0.39, 0.29) is 5.60 Å². The maximum atomic E-state index is 5.66. The van der Waals surface area contributed by atoms with E-state index in [4.69, 9.17) is 4.74 Å². The highest BCUT2D eigenvalue weighted by atomic mass is 16.5. The lowest BCUT2D eigenvalue weighted by Gasteiger charge is -2.22. The summed E-state index contributed by atoms with van der Waals surface area (Å²) in [6, 6.07) is 0.735. The van der Waals surface area contributed by atoms with Crippen LogP contribution in [-0.4, -0.2) is 24.8 Å². The standard InChI is InChI=1S/C12H25NO/c1-10-6-5-7-11(10)13-8-9-14-12(2,3)4/h10-11,13H,5-9H2,1-4H3. The second kappa shape index (κ2) is 5.13. The fourth-order valence-corrected chi connectivity index (χ4v) is 2.05. The van der Waals surface area contributed by atoms with Gasteiger partial charge in [-0.1, -0.05) is 13.3 Å². The van der Waals surface area contributed by atoms with Crippen LogP contribution in [0.25, 0.3) is 0 Å². The van der Waals surface area contributed by atoms with E-state index in [2.05, 4.69) is 33.0 Å². The van der Waals surface area contributed by atoms with Gasteiger partial charge in [-0.2, -0.15) is 0 Å². The number of nitrogens with one attached hydrogen (secondary N) is 1. The Morgan fingerprint density at radius 1 is 1.29 bits per heavy atom. The maximum absolute atomic E-state index is 5.66. The number of ether oxygens (including phenoxy) is 1. The first-order valence-electron chi connectivity index (χ1n) is 5.86. The van der Waals surface area contributed by atoms with Crippen molar-refractivity contribution in [2.45, 2.75) is 58.6 Å². The zero-order chi connectivity index (χ0) is 10.6. The molecular weight excluding hydrogens is 174 g/mol. The molecule has 84 valence electrons. The predicted octanol–water partition coefficient (Wildman–Crippen LogP) is 2.58. The minimum atomic E-state index is 0.00295. The molecule has 2 unspecified atom stereocenters. The third-order valence-corrected chi connectivity index (χ3v) is 2.91. The molecule has 1 rings (SSSR count). The van der Waals surface area contributed by atoms with Gasteiger partial charge in [0.1, 0.15) is 0 Å². The smallest absolute Gasteiger partial charge is 0.0599 e. The van der Waals surface area contributed by atoms with Crippen LogP contribution in [0, 0.1) is 5.92 Å². The molecule has 0 saturated heterocycles. The van der Waals surface area contributed by atoms with Crippen molar-refractivity contribution in [3.8, 4) is 0 Å². The van der Waals surface area contributed by atoms with Gasteiger partial charge in [-0.25, -0.2) is 0 Å². The molecule has 0 aromatic heterocycles. The first kappa shape index (κ1) is 12.0. The van der Waals surface area contributed by atoms with Crippen LogP contribution in [0.2, 0.25) is 0 Å². The Labute approximate surface area is 88.4 Å². The van der Waals surface area contributed by atoms with Crippen molar-refractivity contribution >= 4 is 0 Å². The topological polar surface area (TPSA) is 21.3 Å². The Bertz CT molecular complexity index is 162. The van der Waals surface area contributed by atoms with Crippen LogP contribution in [-0.2, 0) is 4.74 Å². The highest BCUT2D eigenvalue weighted by Gasteiger charge is 2.22. The molecule has 1 saturated carbocycles. The average Bonchev–Trinajstić information content (AvgIpc) is 2.44. The first-order valence-corrected chi connectivity index (χ1v) is 5.86. The van der Waals surface area contributed by atoms with Gasteiger partial charge < -0.3 is 10.1 Å². The number of hydrogen-bond acceptors (Lipinski definition) is 2. The summed E-state index contributed by atoms with van der Waals surface area (Å²) in [6.45, 7) is 10.5. The summed E-state index contributed by atoms with van der Waals surface area (Å²) in [7, 11) is 0. The van der Waals surface area contributed by atoms with Gasteiger partial charge in [0.15, 0.2) is 0 Å². The van der Waals surface area contributed by atoms with Crippen LogP contribution in [0.4, 0.5) is 0 Å². The van der Waals surface area contributed by atoms with Gasteiger partial charge in [0, 0.05) is 12.6 Å². The fourth-order valence-electron chi connectivity index (χ4n) is 2.05. The Morgan fingerprint density at radius 2 is 2.00 bits per heavy atom. The molecule has 2 heteroatoms. The molecule has 0 aliphatic heterocycles. The highest BCUT2D eigenvalue weighted by Crippen LogP contribution is 2.24. The van der Waals surface area contributed by atoms with E-state index in [1.807, 2.05) is 0 Å². The van der Waals surface area contributed by atoms with Crippen molar-refractivity contribution in [1.82, 2.24) is 5.32 Å². The predicted molar refractivity (Wildman–Crippen MR) is 60.5 cm³/mol. The van der Waals surface area contributed by atoms with Gasteiger partial charge in [-0.05, 0) is 39.5 Å². The molecule has 1 aliphatic carbocycles. The third-order valence-electron chi connectivity index (χ3n) is 2.91. The van der Waals surface area contributed by atoms with E-state index in [0.29, 0.717) is 0 Å². The van der Waals surface area contributed by atoms with E-state index >= 15 is 0 Å². The molecule has 0 aromatic rings. The third kappa shape index (κ3) is 4.43. The van der Waals surface area contributed by atoms with E-state index in [0.717, 1.165) is 25.1 Å². The molecule has 2 atom stereocenters. The van der Waals surface area contributed by atoms with Crippen LogP contribution in [0.3, 0.4) is 0 Å². The monoisotopic (exact) mass is 199 g/mol. The van der Waals surface area contributed by atoms with Gasteiger partial charge in [0.2, 0.25) is 0 Å². The van der Waals surface area contributed by atoms with Gasteiger partial charge in [0.05, 0.1) is 12.2 Å². The lowest BCUT2D eigenvalue weighted by Crippen LogP contribution is -2.35. The fraction of sp³-hybridized carbons (Fsp3) is 1.00. The second-order valence-electron chi connectivity index (χ2n) is 5.43. The molecule has 2 nitrogen and oxygen atoms in total. The molecule has 0 amide bonds. The zero-order valence-corrected chi connectivity index (χ0v) is 10.1. The summed E-state index contributed by atoms with van der Waals surface area (Å²) in [6.07, 6.45) is 4.12. The summed E-state index contributed by atoms with van der Waals surface area (Å²) in [5.74, 6) is 0.852. The van der Waals surface area contributed by atoms with Crippen LogP contribution in [0.5, 0.6) is 0 Å². The van der Waals surface area contributed by atoms with Crippen molar-refractivity contribution in [3.63, 3.8) is 0 Å². The molecule has 0 radical (unpaired) electrons. The SMILES string of the molecule is CC1CCCC1NCCOC(C)(C)C. The Hall–Kier alpha value is -0.0800. The van der Waals surface area contributed by atoms with Crippen molar-refractivity contribution in [1.29, 1.82) is 0 Å². The van der Waals surface area contributed by atoms with Crippen LogP contribution in [0.15, 0.2) is 0 Å². The van der Waals surface area contributed by atoms with Crippen molar-refractivity contribution in [3.05, 3.63) is 0 Å². The van der Waals surface area contributed by atoms with Crippen LogP contribution >= 0.6 is 0 Å². The Morgan fingerprint density at radius 3 is 2.50 bits per heavy atom. The van der Waals surface area contributed by atoms with Crippen molar-refractivity contribution in [2.75, 3.05) is 13.2 Å². The van der Waals surface area contributed by atoms with E-state index in [1.54, 1.807) is 0 Å². The minimum Gasteiger partial charge on any atom is -0.375 e. The summed E-state index contributed by atoms with van der Waals surface area (Å²) >= 11 is 0. The molecular formula is C12H25NO. The quantitative estimate of drug-likeness (QED) is 0.703. The van der Waals surface area contributed by atoms with E-state index < -0.39 is 0 Å². The molecule has 1 aliphatic rings. The Kier molecular flexibility index (Phi) is 4.39. The molecule has 0 spiro atoms. The van der Waals surface area contributed by atoms with Crippen molar-refractivity contribution in [2.24, 2.45) is 5.92 Å². The molecule has 1 fully saturated rings. The minimum absolute atomic E-state index is 0.00295. The van der Waals surface area contributed by atoms with E-state index in [9.17, 15) is 0 Å². The molecule has 0 heterocycles. The Balaban J connectivity index is 2.04. The molecule has 14 heavy (non-hydrogen) atoms. The van der Waals surface area contributed by atoms with Crippen LogP contribution < -0.4 is 5.32 Å². The number of rotatable bonds is 4. The molecule has 0 aromatic carbocycles. The van der Waals surface area contributed by atoms with Crippen molar-refractivity contribution < 1.29 is 4.74 Å². The van der Waals surface area contributed by atoms with Gasteiger partial charge >= 0.3 is 0 Å². The summed E-state index contributed by atoms with van der Waals surface area (Å²) in [5.41, 5.74) is 0.00295. The second-order valence-corrected chi connectivity index (χ2v) is 5.43.